The molecule has 0 fully saturated rings. The molecule has 2 aromatic carbocycles. The number of esters is 1. The number of hydrogen-bond acceptors (Lipinski definition) is 5. The zero-order chi connectivity index (χ0) is 22.5. The van der Waals surface area contributed by atoms with Gasteiger partial charge in [-0.05, 0) is 43.5 Å². The summed E-state index contributed by atoms with van der Waals surface area (Å²) < 4.78 is 5.85. The van der Waals surface area contributed by atoms with Crippen LogP contribution in [0.1, 0.15) is 39.3 Å². The molecule has 2 N–H and O–H groups in total. The number of nitrogens with one attached hydrogen (secondary N) is 2. The summed E-state index contributed by atoms with van der Waals surface area (Å²) in [6, 6.07) is 13.1. The van der Waals surface area contributed by atoms with Crippen LogP contribution >= 0.6 is 22.9 Å². The van der Waals surface area contributed by atoms with Crippen LogP contribution in [0.2, 0.25) is 5.02 Å². The van der Waals surface area contributed by atoms with Gasteiger partial charge in [-0.15, -0.1) is 11.3 Å². The standard InChI is InChI=1S/C23H23ClN2O4S/c1-13-8-9-16(10-14(13)2)15(3)26-19(27)12-30-20(28)11-25-23(29)22-21(24)17-6-4-5-7-18(17)31-22/h4-10,15H,11-12H2,1-3H3,(H,25,29)(H,26,27). The Bertz CT molecular complexity index is 1140. The van der Waals surface area contributed by atoms with E-state index in [0.29, 0.717) is 9.90 Å². The number of aryl methyl sites for hydroxylation is 2. The minimum atomic E-state index is -0.709. The quantitative estimate of drug-likeness (QED) is 0.516. The number of ether oxygens (including phenoxy) is 1. The maximum atomic E-state index is 12.4. The summed E-state index contributed by atoms with van der Waals surface area (Å²) in [4.78, 5) is 36.7. The van der Waals surface area contributed by atoms with Crippen molar-refractivity contribution in [3.63, 3.8) is 0 Å². The van der Waals surface area contributed by atoms with Gasteiger partial charge in [0.25, 0.3) is 11.8 Å². The summed E-state index contributed by atoms with van der Waals surface area (Å²) in [5, 5.41) is 6.42. The van der Waals surface area contributed by atoms with Crippen LogP contribution in [0.5, 0.6) is 0 Å². The van der Waals surface area contributed by atoms with Crippen molar-refractivity contribution in [3.05, 3.63) is 69.1 Å². The Morgan fingerprint density at radius 1 is 1.10 bits per heavy atom. The van der Waals surface area contributed by atoms with Gasteiger partial charge in [-0.2, -0.15) is 0 Å². The molecule has 3 aromatic rings. The number of benzene rings is 2. The first kappa shape index (κ1) is 22.8. The Kier molecular flexibility index (Phi) is 7.30. The van der Waals surface area contributed by atoms with Crippen LogP contribution in [0.4, 0.5) is 0 Å². The van der Waals surface area contributed by atoms with Crippen LogP contribution in [0.25, 0.3) is 10.1 Å². The maximum Gasteiger partial charge on any atom is 0.325 e. The first-order valence-electron chi connectivity index (χ1n) is 9.73. The number of thiophene rings is 1. The van der Waals surface area contributed by atoms with Gasteiger partial charge in [0, 0.05) is 10.1 Å². The lowest BCUT2D eigenvalue weighted by molar-refractivity contribution is -0.147. The molecule has 0 radical (unpaired) electrons. The van der Waals surface area contributed by atoms with Crippen molar-refractivity contribution in [3.8, 4) is 0 Å². The number of rotatable bonds is 7. The number of carbonyl (C=O) groups is 3. The van der Waals surface area contributed by atoms with E-state index in [2.05, 4.69) is 10.6 Å². The summed E-state index contributed by atoms with van der Waals surface area (Å²) in [7, 11) is 0. The molecule has 0 aliphatic carbocycles. The van der Waals surface area contributed by atoms with Crippen molar-refractivity contribution < 1.29 is 19.1 Å². The highest BCUT2D eigenvalue weighted by molar-refractivity contribution is 7.21. The minimum Gasteiger partial charge on any atom is -0.454 e. The lowest BCUT2D eigenvalue weighted by Crippen LogP contribution is -2.34. The molecule has 2 amide bonds. The highest BCUT2D eigenvalue weighted by Gasteiger charge is 2.18. The molecule has 3 rings (SSSR count). The van der Waals surface area contributed by atoms with Gasteiger partial charge in [-0.3, -0.25) is 14.4 Å². The van der Waals surface area contributed by atoms with E-state index in [4.69, 9.17) is 16.3 Å². The van der Waals surface area contributed by atoms with Crippen LogP contribution in [0.3, 0.4) is 0 Å². The smallest absolute Gasteiger partial charge is 0.325 e. The Morgan fingerprint density at radius 3 is 2.55 bits per heavy atom. The average molecular weight is 459 g/mol. The first-order chi connectivity index (χ1) is 14.8. The summed E-state index contributed by atoms with van der Waals surface area (Å²) in [5.74, 6) is -1.59. The fraction of sp³-hybridized carbons (Fsp3) is 0.261. The van der Waals surface area contributed by atoms with Crippen molar-refractivity contribution in [2.45, 2.75) is 26.8 Å². The van der Waals surface area contributed by atoms with E-state index in [1.165, 1.54) is 16.9 Å². The van der Waals surface area contributed by atoms with Gasteiger partial charge in [0.05, 0.1) is 11.1 Å². The van der Waals surface area contributed by atoms with Crippen molar-refractivity contribution in [2.75, 3.05) is 13.2 Å². The second kappa shape index (κ2) is 9.94. The molecular weight excluding hydrogens is 436 g/mol. The van der Waals surface area contributed by atoms with Gasteiger partial charge in [0.15, 0.2) is 6.61 Å². The van der Waals surface area contributed by atoms with E-state index in [1.54, 1.807) is 0 Å². The Balaban J connectivity index is 1.46. The van der Waals surface area contributed by atoms with Crippen LogP contribution in [-0.4, -0.2) is 30.9 Å². The molecule has 1 aromatic heterocycles. The van der Waals surface area contributed by atoms with Gasteiger partial charge in [-0.1, -0.05) is 48.0 Å². The first-order valence-corrected chi connectivity index (χ1v) is 10.9. The van der Waals surface area contributed by atoms with Crippen molar-refractivity contribution in [1.82, 2.24) is 10.6 Å². The molecule has 1 unspecified atom stereocenters. The third kappa shape index (κ3) is 5.62. The van der Waals surface area contributed by atoms with Crippen molar-refractivity contribution in [2.24, 2.45) is 0 Å². The fourth-order valence-corrected chi connectivity index (χ4v) is 4.42. The molecule has 8 heteroatoms. The summed E-state index contributed by atoms with van der Waals surface area (Å²) in [6.07, 6.45) is 0. The number of amides is 2. The van der Waals surface area contributed by atoms with Crippen molar-refractivity contribution in [1.29, 1.82) is 0 Å². The van der Waals surface area contributed by atoms with Crippen LogP contribution in [0, 0.1) is 13.8 Å². The topological polar surface area (TPSA) is 84.5 Å². The van der Waals surface area contributed by atoms with Gasteiger partial charge in [-0.25, -0.2) is 0 Å². The summed E-state index contributed by atoms with van der Waals surface area (Å²) >= 11 is 7.52. The molecular formula is C23H23ClN2O4S. The molecule has 0 aliphatic heterocycles. The third-order valence-electron chi connectivity index (χ3n) is 4.91. The highest BCUT2D eigenvalue weighted by atomic mass is 35.5. The lowest BCUT2D eigenvalue weighted by Gasteiger charge is -2.15. The molecule has 0 spiro atoms. The van der Waals surface area contributed by atoms with Gasteiger partial charge < -0.3 is 15.4 Å². The van der Waals surface area contributed by atoms with Gasteiger partial charge in [0.1, 0.15) is 11.4 Å². The summed E-state index contributed by atoms with van der Waals surface area (Å²) in [5.41, 5.74) is 3.28. The molecule has 0 saturated carbocycles. The zero-order valence-corrected chi connectivity index (χ0v) is 19.0. The predicted molar refractivity (Wildman–Crippen MR) is 123 cm³/mol. The predicted octanol–water partition coefficient (Wildman–Crippen LogP) is 4.32. The summed E-state index contributed by atoms with van der Waals surface area (Å²) in [6.45, 7) is 5.11. The SMILES string of the molecule is Cc1ccc(C(C)NC(=O)COC(=O)CNC(=O)c2sc3ccccc3c2Cl)cc1C. The van der Waals surface area contributed by atoms with Crippen LogP contribution in [-0.2, 0) is 14.3 Å². The van der Waals surface area contributed by atoms with Gasteiger partial charge >= 0.3 is 5.97 Å². The number of hydrogen-bond donors (Lipinski definition) is 2. The Labute approximate surface area is 189 Å². The molecule has 0 aliphatic rings. The van der Waals surface area contributed by atoms with Crippen LogP contribution in [0.15, 0.2) is 42.5 Å². The van der Waals surface area contributed by atoms with E-state index < -0.39 is 24.4 Å². The second-order valence-corrected chi connectivity index (χ2v) is 8.65. The Morgan fingerprint density at radius 2 is 1.84 bits per heavy atom. The molecule has 162 valence electrons. The molecule has 0 bridgehead atoms. The monoisotopic (exact) mass is 458 g/mol. The number of halogens is 1. The van der Waals surface area contributed by atoms with Crippen molar-refractivity contribution >= 4 is 50.8 Å². The molecule has 0 saturated heterocycles. The van der Waals surface area contributed by atoms with Crippen LogP contribution < -0.4 is 10.6 Å². The molecule has 1 heterocycles. The van der Waals surface area contributed by atoms with Gasteiger partial charge in [0.2, 0.25) is 0 Å². The maximum absolute atomic E-state index is 12.4. The Hall–Kier alpha value is -2.90. The zero-order valence-electron chi connectivity index (χ0n) is 17.5. The fourth-order valence-electron chi connectivity index (χ4n) is 2.99. The van der Waals surface area contributed by atoms with E-state index in [-0.39, 0.29) is 12.6 Å². The van der Waals surface area contributed by atoms with E-state index in [9.17, 15) is 14.4 Å². The minimum absolute atomic E-state index is 0.222. The van der Waals surface area contributed by atoms with E-state index in [0.717, 1.165) is 21.2 Å². The second-order valence-electron chi connectivity index (χ2n) is 7.22. The molecule has 1 atom stereocenters. The normalized spacial score (nSPS) is 11.7. The average Bonchev–Trinajstić information content (AvgIpc) is 3.09. The number of fused-ring (bicyclic) bond motifs is 1. The molecule has 6 nitrogen and oxygen atoms in total. The number of carbonyl (C=O) groups excluding carboxylic acids is 3. The van der Waals surface area contributed by atoms with E-state index >= 15 is 0 Å². The highest BCUT2D eigenvalue weighted by Crippen LogP contribution is 2.34. The third-order valence-corrected chi connectivity index (χ3v) is 6.58. The van der Waals surface area contributed by atoms with E-state index in [1.807, 2.05) is 63.2 Å². The lowest BCUT2D eigenvalue weighted by atomic mass is 10.0. The largest absolute Gasteiger partial charge is 0.454 e. The molecule has 31 heavy (non-hydrogen) atoms.